The average molecular weight is 511 g/mol. The summed E-state index contributed by atoms with van der Waals surface area (Å²) in [5.41, 5.74) is 3.56. The van der Waals surface area contributed by atoms with Crippen LogP contribution in [0.3, 0.4) is 0 Å². The lowest BCUT2D eigenvalue weighted by Crippen LogP contribution is -3.00. The van der Waals surface area contributed by atoms with Gasteiger partial charge in [-0.25, -0.2) is 0 Å². The second-order valence-corrected chi connectivity index (χ2v) is 12.6. The summed E-state index contributed by atoms with van der Waals surface area (Å²) in [6, 6.07) is 9.51. The molecule has 2 heteroatoms. The van der Waals surface area contributed by atoms with Gasteiger partial charge in [-0.05, 0) is 41.2 Å². The third kappa shape index (κ3) is 14.7. The Morgan fingerprint density at radius 2 is 1.12 bits per heavy atom. The monoisotopic (exact) mass is 509 g/mol. The van der Waals surface area contributed by atoms with Gasteiger partial charge in [0.25, 0.3) is 0 Å². The van der Waals surface area contributed by atoms with Gasteiger partial charge in [0.15, 0.2) is 0 Å². The highest BCUT2D eigenvalue weighted by atomic mass is 79.9. The largest absolute Gasteiger partial charge is 1.00 e. The van der Waals surface area contributed by atoms with Crippen molar-refractivity contribution in [1.82, 2.24) is 0 Å². The zero-order chi connectivity index (χ0) is 23.4. The first-order chi connectivity index (χ1) is 14.5. The third-order valence-electron chi connectivity index (χ3n) is 6.83. The summed E-state index contributed by atoms with van der Waals surface area (Å²) >= 11 is 0. The number of benzene rings is 1. The highest BCUT2D eigenvalue weighted by Crippen LogP contribution is 2.36. The molecular weight excluding hydrogens is 454 g/mol. The molecule has 0 radical (unpaired) electrons. The molecule has 0 saturated carbocycles. The molecule has 32 heavy (non-hydrogen) atoms. The maximum Gasteiger partial charge on any atom is 0.0823 e. The van der Waals surface area contributed by atoms with Crippen molar-refractivity contribution >= 4 is 0 Å². The van der Waals surface area contributed by atoms with Crippen molar-refractivity contribution in [1.29, 1.82) is 0 Å². The zero-order valence-corrected chi connectivity index (χ0v) is 24.6. The van der Waals surface area contributed by atoms with Crippen LogP contribution in [-0.4, -0.2) is 31.7 Å². The molecular formula is C30H56BrN. The van der Waals surface area contributed by atoms with Crippen molar-refractivity contribution in [3.8, 4) is 0 Å². The van der Waals surface area contributed by atoms with E-state index in [9.17, 15) is 0 Å². The van der Waals surface area contributed by atoms with Gasteiger partial charge in [-0.15, -0.1) is 0 Å². The number of quaternary nitrogens is 1. The van der Waals surface area contributed by atoms with E-state index in [0.29, 0.717) is 5.41 Å². The van der Waals surface area contributed by atoms with Gasteiger partial charge >= 0.3 is 0 Å². The maximum absolute atomic E-state index is 2.41. The van der Waals surface area contributed by atoms with Crippen molar-refractivity contribution < 1.29 is 21.5 Å². The molecule has 0 N–H and O–H groups in total. The van der Waals surface area contributed by atoms with E-state index in [1.54, 1.807) is 0 Å². The van der Waals surface area contributed by atoms with Gasteiger partial charge in [0.05, 0.1) is 27.2 Å². The quantitative estimate of drug-likeness (QED) is 0.191. The highest BCUT2D eigenvalue weighted by Gasteiger charge is 2.27. The summed E-state index contributed by atoms with van der Waals surface area (Å²) in [6.45, 7) is 16.7. The predicted molar refractivity (Wildman–Crippen MR) is 141 cm³/mol. The van der Waals surface area contributed by atoms with E-state index in [1.165, 1.54) is 101 Å². The molecule has 0 aromatic heterocycles. The Bertz CT molecular complexity index is 580. The average Bonchev–Trinajstić information content (AvgIpc) is 2.66. The van der Waals surface area contributed by atoms with E-state index in [4.69, 9.17) is 0 Å². The van der Waals surface area contributed by atoms with Crippen LogP contribution >= 0.6 is 0 Å². The molecule has 0 atom stereocenters. The van der Waals surface area contributed by atoms with Crippen molar-refractivity contribution in [2.24, 2.45) is 5.41 Å². The van der Waals surface area contributed by atoms with Gasteiger partial charge in [0, 0.05) is 6.42 Å². The number of rotatable bonds is 16. The minimum absolute atomic E-state index is 0. The minimum atomic E-state index is 0. The Hall–Kier alpha value is -0.340. The van der Waals surface area contributed by atoms with Crippen LogP contribution in [0.5, 0.6) is 0 Å². The van der Waals surface area contributed by atoms with Gasteiger partial charge in [0.2, 0.25) is 0 Å². The van der Waals surface area contributed by atoms with E-state index in [2.05, 4.69) is 79.9 Å². The molecule has 0 unspecified atom stereocenters. The third-order valence-corrected chi connectivity index (χ3v) is 6.83. The summed E-state index contributed by atoms with van der Waals surface area (Å²) < 4.78 is 1.15. The van der Waals surface area contributed by atoms with Crippen LogP contribution in [0.1, 0.15) is 123 Å². The summed E-state index contributed by atoms with van der Waals surface area (Å²) in [7, 11) is 4.82. The fourth-order valence-corrected chi connectivity index (χ4v) is 5.12. The van der Waals surface area contributed by atoms with E-state index in [0.717, 1.165) is 4.48 Å². The second kappa shape index (κ2) is 15.5. The Labute approximate surface area is 213 Å². The first kappa shape index (κ1) is 31.7. The van der Waals surface area contributed by atoms with Crippen LogP contribution in [0.15, 0.2) is 24.3 Å². The minimum Gasteiger partial charge on any atom is -1.00 e. The van der Waals surface area contributed by atoms with Gasteiger partial charge in [-0.3, -0.25) is 0 Å². The SMILES string of the molecule is CCCCCCCCCCCC[N+](C)(C)CCc1ccc(C(C)(C)CC(C)(C)C)cc1.[Br-]. The predicted octanol–water partition coefficient (Wildman–Crippen LogP) is 5.94. The molecule has 1 nitrogen and oxygen atoms in total. The van der Waals surface area contributed by atoms with Crippen molar-refractivity contribution in [2.75, 3.05) is 27.2 Å². The number of halogens is 1. The maximum atomic E-state index is 2.41. The Balaban J connectivity index is 0.00000961. The second-order valence-electron chi connectivity index (χ2n) is 12.6. The van der Waals surface area contributed by atoms with Gasteiger partial charge < -0.3 is 21.5 Å². The number of unbranched alkanes of at least 4 members (excludes halogenated alkanes) is 9. The van der Waals surface area contributed by atoms with Crippen LogP contribution in [-0.2, 0) is 11.8 Å². The number of hydrogen-bond donors (Lipinski definition) is 0. The molecule has 0 amide bonds. The highest BCUT2D eigenvalue weighted by molar-refractivity contribution is 5.28. The van der Waals surface area contributed by atoms with E-state index < -0.39 is 0 Å². The molecule has 188 valence electrons. The van der Waals surface area contributed by atoms with Crippen molar-refractivity contribution in [2.45, 2.75) is 124 Å². The standard InChI is InChI=1S/C30H56N.BrH/c1-9-10-11-12-13-14-15-16-17-18-24-31(7,8)25-23-27-19-21-28(22-20-27)30(5,6)26-29(2,3)4;/h19-22H,9-18,23-26H2,1-8H3;1H/q+1;/p-1. The Kier molecular flexibility index (Phi) is 15.4. The molecule has 0 spiro atoms. The first-order valence-corrected chi connectivity index (χ1v) is 13.4. The lowest BCUT2D eigenvalue weighted by molar-refractivity contribution is -0.890. The topological polar surface area (TPSA) is 0 Å². The molecule has 0 heterocycles. The summed E-state index contributed by atoms with van der Waals surface area (Å²) in [4.78, 5) is 0. The fourth-order valence-electron chi connectivity index (χ4n) is 5.12. The molecule has 0 bridgehead atoms. The molecule has 0 aliphatic heterocycles. The number of likely N-dealkylation sites (N-methyl/N-ethyl adjacent to an activating group) is 1. The normalized spacial score (nSPS) is 12.6. The van der Waals surface area contributed by atoms with E-state index >= 15 is 0 Å². The molecule has 1 aromatic rings. The number of nitrogens with zero attached hydrogens (tertiary/aromatic N) is 1. The molecule has 0 aliphatic rings. The lowest BCUT2D eigenvalue weighted by atomic mass is 9.72. The van der Waals surface area contributed by atoms with Crippen LogP contribution in [0.2, 0.25) is 0 Å². The van der Waals surface area contributed by atoms with Crippen LogP contribution in [0, 0.1) is 5.41 Å². The van der Waals surface area contributed by atoms with Crippen molar-refractivity contribution in [3.63, 3.8) is 0 Å². The molecule has 1 aromatic carbocycles. The Morgan fingerprint density at radius 1 is 0.656 bits per heavy atom. The van der Waals surface area contributed by atoms with Gasteiger partial charge in [0.1, 0.15) is 0 Å². The summed E-state index contributed by atoms with van der Waals surface area (Å²) in [5, 5.41) is 0. The smallest absolute Gasteiger partial charge is 0.0823 e. The molecule has 1 rings (SSSR count). The van der Waals surface area contributed by atoms with Gasteiger partial charge in [-0.2, -0.15) is 0 Å². The van der Waals surface area contributed by atoms with Crippen LogP contribution in [0.4, 0.5) is 0 Å². The number of hydrogen-bond acceptors (Lipinski definition) is 0. The van der Waals surface area contributed by atoms with E-state index in [1.807, 2.05) is 0 Å². The molecule has 0 saturated heterocycles. The first-order valence-electron chi connectivity index (χ1n) is 13.4. The van der Waals surface area contributed by atoms with Crippen molar-refractivity contribution in [3.05, 3.63) is 35.4 Å². The summed E-state index contributed by atoms with van der Waals surface area (Å²) in [6.07, 6.45) is 16.6. The van der Waals surface area contributed by atoms with E-state index in [-0.39, 0.29) is 22.4 Å². The summed E-state index contributed by atoms with van der Waals surface area (Å²) in [5.74, 6) is 0. The van der Waals surface area contributed by atoms with Crippen LogP contribution < -0.4 is 17.0 Å². The molecule has 0 fully saturated rings. The van der Waals surface area contributed by atoms with Crippen LogP contribution in [0.25, 0.3) is 0 Å². The lowest BCUT2D eigenvalue weighted by Gasteiger charge is -2.33. The fraction of sp³-hybridized carbons (Fsp3) is 0.800. The Morgan fingerprint density at radius 3 is 1.59 bits per heavy atom. The zero-order valence-electron chi connectivity index (χ0n) is 23.0. The molecule has 0 aliphatic carbocycles. The van der Waals surface area contributed by atoms with Gasteiger partial charge in [-0.1, -0.05) is 117 Å².